The Kier molecular flexibility index (Phi) is 3.68. The molecule has 0 saturated carbocycles. The van der Waals surface area contributed by atoms with Crippen LogP contribution in [-0.2, 0) is 9.59 Å². The van der Waals surface area contributed by atoms with Crippen molar-refractivity contribution in [3.8, 4) is 0 Å². The summed E-state index contributed by atoms with van der Waals surface area (Å²) in [6.45, 7) is 3.41. The minimum Gasteiger partial charge on any atom is -0.326 e. The summed E-state index contributed by atoms with van der Waals surface area (Å²) in [4.78, 5) is 23.6. The van der Waals surface area contributed by atoms with Gasteiger partial charge in [-0.2, -0.15) is 0 Å². The van der Waals surface area contributed by atoms with Crippen LogP contribution < -0.4 is 16.0 Å². The van der Waals surface area contributed by atoms with E-state index in [2.05, 4.69) is 16.0 Å². The number of benzene rings is 1. The van der Waals surface area contributed by atoms with E-state index in [9.17, 15) is 9.59 Å². The Labute approximate surface area is 124 Å². The van der Waals surface area contributed by atoms with E-state index in [0.29, 0.717) is 12.1 Å². The second-order valence-corrected chi connectivity index (χ2v) is 6.09. The van der Waals surface area contributed by atoms with Crippen molar-refractivity contribution in [1.82, 2.24) is 5.32 Å². The van der Waals surface area contributed by atoms with Gasteiger partial charge in [-0.3, -0.25) is 9.59 Å². The van der Waals surface area contributed by atoms with Crippen molar-refractivity contribution in [2.45, 2.75) is 45.2 Å². The monoisotopic (exact) mass is 287 g/mol. The lowest BCUT2D eigenvalue weighted by molar-refractivity contribution is -0.120. The molecule has 112 valence electrons. The summed E-state index contributed by atoms with van der Waals surface area (Å²) in [6, 6.07) is 6.43. The van der Waals surface area contributed by atoms with Gasteiger partial charge in [0.25, 0.3) is 0 Å². The highest BCUT2D eigenvalue weighted by atomic mass is 16.2. The Morgan fingerprint density at radius 1 is 1.24 bits per heavy atom. The van der Waals surface area contributed by atoms with E-state index in [1.807, 2.05) is 25.1 Å². The summed E-state index contributed by atoms with van der Waals surface area (Å²) in [5.41, 5.74) is 2.45. The lowest BCUT2D eigenvalue weighted by Crippen LogP contribution is -2.32. The van der Waals surface area contributed by atoms with Gasteiger partial charge in [0.05, 0.1) is 5.92 Å². The zero-order valence-electron chi connectivity index (χ0n) is 12.4. The first-order valence-electron chi connectivity index (χ1n) is 7.48. The van der Waals surface area contributed by atoms with Crippen molar-refractivity contribution in [2.24, 2.45) is 5.92 Å². The van der Waals surface area contributed by atoms with Crippen molar-refractivity contribution >= 4 is 23.2 Å². The SMILES string of the molecule is CC(=O)Nc1cc(NC(=O)C2CC3CCC2N3)ccc1C. The first-order chi connectivity index (χ1) is 10.0. The van der Waals surface area contributed by atoms with Crippen LogP contribution >= 0.6 is 0 Å². The number of nitrogens with one attached hydrogen (secondary N) is 3. The number of carbonyl (C=O) groups excluding carboxylic acids is 2. The molecule has 0 radical (unpaired) electrons. The van der Waals surface area contributed by atoms with E-state index < -0.39 is 0 Å². The van der Waals surface area contributed by atoms with E-state index in [1.54, 1.807) is 0 Å². The van der Waals surface area contributed by atoms with Crippen molar-refractivity contribution in [2.75, 3.05) is 10.6 Å². The molecule has 5 nitrogen and oxygen atoms in total. The lowest BCUT2D eigenvalue weighted by Gasteiger charge is -2.19. The molecule has 3 N–H and O–H groups in total. The first-order valence-corrected chi connectivity index (χ1v) is 7.48. The van der Waals surface area contributed by atoms with Crippen LogP contribution in [-0.4, -0.2) is 23.9 Å². The number of hydrogen-bond donors (Lipinski definition) is 3. The molecule has 2 aliphatic heterocycles. The fraction of sp³-hybridized carbons (Fsp3) is 0.500. The van der Waals surface area contributed by atoms with Gasteiger partial charge in [-0.1, -0.05) is 6.07 Å². The Morgan fingerprint density at radius 3 is 2.67 bits per heavy atom. The number of fused-ring (bicyclic) bond motifs is 2. The highest BCUT2D eigenvalue weighted by Crippen LogP contribution is 2.34. The van der Waals surface area contributed by atoms with Crippen molar-refractivity contribution in [3.63, 3.8) is 0 Å². The van der Waals surface area contributed by atoms with Gasteiger partial charge in [-0.25, -0.2) is 0 Å². The zero-order chi connectivity index (χ0) is 15.0. The predicted molar refractivity (Wildman–Crippen MR) is 82.2 cm³/mol. The maximum absolute atomic E-state index is 12.4. The van der Waals surface area contributed by atoms with E-state index in [4.69, 9.17) is 0 Å². The fourth-order valence-corrected chi connectivity index (χ4v) is 3.37. The molecular formula is C16H21N3O2. The summed E-state index contributed by atoms with van der Waals surface area (Å²) in [5.74, 6) is 0.0282. The van der Waals surface area contributed by atoms with Gasteiger partial charge in [0, 0.05) is 30.4 Å². The van der Waals surface area contributed by atoms with E-state index in [0.717, 1.165) is 29.8 Å². The Balaban J connectivity index is 1.70. The zero-order valence-corrected chi connectivity index (χ0v) is 12.4. The number of carbonyl (C=O) groups is 2. The van der Waals surface area contributed by atoms with Crippen LogP contribution in [0.3, 0.4) is 0 Å². The Morgan fingerprint density at radius 2 is 2.05 bits per heavy atom. The number of rotatable bonds is 3. The normalized spacial score (nSPS) is 26.7. The molecule has 0 aromatic heterocycles. The van der Waals surface area contributed by atoms with E-state index in [1.165, 1.54) is 13.3 Å². The molecule has 3 atom stereocenters. The minimum absolute atomic E-state index is 0.0641. The van der Waals surface area contributed by atoms with Gasteiger partial charge >= 0.3 is 0 Å². The molecule has 1 aromatic rings. The average molecular weight is 287 g/mol. The molecule has 2 amide bonds. The van der Waals surface area contributed by atoms with Crippen molar-refractivity contribution in [3.05, 3.63) is 23.8 Å². The molecule has 2 fully saturated rings. The highest BCUT2D eigenvalue weighted by molar-refractivity contribution is 5.95. The maximum Gasteiger partial charge on any atom is 0.229 e. The second kappa shape index (κ2) is 5.48. The third kappa shape index (κ3) is 2.93. The van der Waals surface area contributed by atoms with E-state index >= 15 is 0 Å². The fourth-order valence-electron chi connectivity index (χ4n) is 3.37. The summed E-state index contributed by atoms with van der Waals surface area (Å²) in [7, 11) is 0. The number of amides is 2. The lowest BCUT2D eigenvalue weighted by atomic mass is 9.88. The molecule has 0 spiro atoms. The quantitative estimate of drug-likeness (QED) is 0.796. The number of hydrogen-bond acceptors (Lipinski definition) is 3. The Bertz CT molecular complexity index is 585. The third-order valence-corrected chi connectivity index (χ3v) is 4.45. The molecule has 0 aliphatic carbocycles. The van der Waals surface area contributed by atoms with Gasteiger partial charge in [0.15, 0.2) is 0 Å². The molecule has 1 aromatic carbocycles. The third-order valence-electron chi connectivity index (χ3n) is 4.45. The Hall–Kier alpha value is -1.88. The van der Waals surface area contributed by atoms with Crippen LogP contribution in [0.15, 0.2) is 18.2 Å². The van der Waals surface area contributed by atoms with Gasteiger partial charge in [-0.15, -0.1) is 0 Å². The molecule has 21 heavy (non-hydrogen) atoms. The van der Waals surface area contributed by atoms with Crippen LogP contribution in [0.25, 0.3) is 0 Å². The van der Waals surface area contributed by atoms with Crippen LogP contribution in [0.5, 0.6) is 0 Å². The average Bonchev–Trinajstić information content (AvgIpc) is 3.04. The van der Waals surface area contributed by atoms with Gasteiger partial charge in [0.2, 0.25) is 11.8 Å². The molecule has 5 heteroatoms. The smallest absolute Gasteiger partial charge is 0.229 e. The second-order valence-electron chi connectivity index (χ2n) is 6.09. The van der Waals surface area contributed by atoms with Gasteiger partial charge in [-0.05, 0) is 43.9 Å². The standard InChI is InChI=1S/C16H21N3O2/c1-9-3-4-12(8-15(9)17-10(2)20)19-16(21)13-7-11-5-6-14(13)18-11/h3-4,8,11,13-14,18H,5-7H2,1-2H3,(H,17,20)(H,19,21). The molecule has 2 aliphatic rings. The van der Waals surface area contributed by atoms with Gasteiger partial charge in [0.1, 0.15) is 0 Å². The number of anilines is 2. The molecule has 2 bridgehead atoms. The molecule has 2 saturated heterocycles. The summed E-state index contributed by atoms with van der Waals surface area (Å²) in [6.07, 6.45) is 3.21. The summed E-state index contributed by atoms with van der Waals surface area (Å²) < 4.78 is 0. The maximum atomic E-state index is 12.4. The number of aryl methyl sites for hydroxylation is 1. The minimum atomic E-state index is -0.112. The highest BCUT2D eigenvalue weighted by Gasteiger charge is 2.42. The topological polar surface area (TPSA) is 70.2 Å². The van der Waals surface area contributed by atoms with Crippen molar-refractivity contribution in [1.29, 1.82) is 0 Å². The van der Waals surface area contributed by atoms with E-state index in [-0.39, 0.29) is 17.7 Å². The predicted octanol–water partition coefficient (Wildman–Crippen LogP) is 2.03. The largest absolute Gasteiger partial charge is 0.326 e. The van der Waals surface area contributed by atoms with Crippen LogP contribution in [0.1, 0.15) is 31.7 Å². The van der Waals surface area contributed by atoms with Crippen LogP contribution in [0, 0.1) is 12.8 Å². The summed E-state index contributed by atoms with van der Waals surface area (Å²) >= 11 is 0. The molecule has 3 unspecified atom stereocenters. The van der Waals surface area contributed by atoms with Crippen molar-refractivity contribution < 1.29 is 9.59 Å². The molecular weight excluding hydrogens is 266 g/mol. The van der Waals surface area contributed by atoms with Crippen LogP contribution in [0.4, 0.5) is 11.4 Å². The molecule has 3 rings (SSSR count). The van der Waals surface area contributed by atoms with Gasteiger partial charge < -0.3 is 16.0 Å². The summed E-state index contributed by atoms with van der Waals surface area (Å²) in [5, 5.41) is 9.23. The first kappa shape index (κ1) is 14.1. The molecule has 2 heterocycles. The van der Waals surface area contributed by atoms with Crippen LogP contribution in [0.2, 0.25) is 0 Å².